The molecule has 0 radical (unpaired) electrons. The van der Waals surface area contributed by atoms with Gasteiger partial charge in [-0.05, 0) is 31.9 Å². The molecule has 10 unspecified atom stereocenters. The zero-order chi connectivity index (χ0) is 31.3. The van der Waals surface area contributed by atoms with Gasteiger partial charge in [0.2, 0.25) is 0 Å². The third-order valence-corrected chi connectivity index (χ3v) is 9.33. The molecule has 0 aromatic carbocycles. The highest BCUT2D eigenvalue weighted by Gasteiger charge is 2.87. The van der Waals surface area contributed by atoms with Gasteiger partial charge in [-0.3, -0.25) is 14.4 Å². The summed E-state index contributed by atoms with van der Waals surface area (Å²) >= 11 is 0. The van der Waals surface area contributed by atoms with Gasteiger partial charge in [0.1, 0.15) is 24.4 Å². The smallest absolute Gasteiger partial charge is 0.342 e. The van der Waals surface area contributed by atoms with Crippen LogP contribution in [0.1, 0.15) is 73.6 Å². The first-order valence-electron chi connectivity index (χ1n) is 14.4. The molecule has 12 nitrogen and oxygen atoms in total. The highest BCUT2D eigenvalue weighted by molar-refractivity contribution is 5.89. The molecule has 4 aliphatic rings. The van der Waals surface area contributed by atoms with Gasteiger partial charge in [-0.2, -0.15) is 0 Å². The van der Waals surface area contributed by atoms with Gasteiger partial charge in [-0.25, -0.2) is 4.79 Å². The largest absolute Gasteiger partial charge is 0.461 e. The van der Waals surface area contributed by atoms with Gasteiger partial charge in [0.05, 0.1) is 12.2 Å². The lowest BCUT2D eigenvalue weighted by Gasteiger charge is -2.54. The Morgan fingerprint density at radius 1 is 1.07 bits per heavy atom. The molecule has 2 heterocycles. The van der Waals surface area contributed by atoms with Crippen LogP contribution in [0.3, 0.4) is 0 Å². The lowest BCUT2D eigenvalue weighted by molar-refractivity contribution is -0.215. The molecule has 0 bridgehead atoms. The maximum absolute atomic E-state index is 13.1. The SMILES string of the molecule is CCCCCC(=O)OC1CC(OC(C)=O)C2(C)C=CC(O)C(C)(O)C2C(OC(C)=O)C23OC2(C)C(=O)OC3C=C1CO. The summed E-state index contributed by atoms with van der Waals surface area (Å²) in [6, 6.07) is 0. The van der Waals surface area contributed by atoms with Crippen LogP contribution in [0.15, 0.2) is 23.8 Å². The number of ether oxygens (including phenoxy) is 5. The minimum Gasteiger partial charge on any atom is -0.461 e. The topological polar surface area (TPSA) is 178 Å². The normalized spacial score (nSPS) is 42.2. The molecule has 4 rings (SSSR count). The Morgan fingerprint density at radius 2 is 1.74 bits per heavy atom. The molecular weight excluding hydrogens is 552 g/mol. The summed E-state index contributed by atoms with van der Waals surface area (Å²) < 4.78 is 29.3. The fourth-order valence-electron chi connectivity index (χ4n) is 7.03. The molecule has 0 amide bonds. The molecule has 234 valence electrons. The summed E-state index contributed by atoms with van der Waals surface area (Å²) in [4.78, 5) is 51.1. The van der Waals surface area contributed by atoms with Crippen LogP contribution in [0.2, 0.25) is 0 Å². The quantitative estimate of drug-likeness (QED) is 0.121. The van der Waals surface area contributed by atoms with Crippen LogP contribution < -0.4 is 0 Å². The van der Waals surface area contributed by atoms with Crippen molar-refractivity contribution in [1.29, 1.82) is 0 Å². The van der Waals surface area contributed by atoms with E-state index in [2.05, 4.69) is 0 Å². The number of aliphatic hydroxyl groups excluding tert-OH is 2. The molecule has 2 fully saturated rings. The fourth-order valence-corrected chi connectivity index (χ4v) is 7.03. The maximum atomic E-state index is 13.1. The third kappa shape index (κ3) is 5.16. The predicted molar refractivity (Wildman–Crippen MR) is 144 cm³/mol. The lowest BCUT2D eigenvalue weighted by Crippen LogP contribution is -2.67. The summed E-state index contributed by atoms with van der Waals surface area (Å²) in [5.74, 6) is -3.94. The molecule has 12 heteroatoms. The van der Waals surface area contributed by atoms with Gasteiger partial charge >= 0.3 is 23.9 Å². The van der Waals surface area contributed by atoms with Crippen LogP contribution in [-0.2, 0) is 42.9 Å². The van der Waals surface area contributed by atoms with Gasteiger partial charge in [0, 0.05) is 38.0 Å². The van der Waals surface area contributed by atoms with Crippen molar-refractivity contribution in [3.05, 3.63) is 23.8 Å². The van der Waals surface area contributed by atoms with Gasteiger partial charge < -0.3 is 39.0 Å². The second kappa shape index (κ2) is 11.4. The number of hydrogen-bond donors (Lipinski definition) is 3. The first-order chi connectivity index (χ1) is 19.6. The van der Waals surface area contributed by atoms with Crippen molar-refractivity contribution in [2.24, 2.45) is 11.3 Å². The molecule has 2 aliphatic carbocycles. The molecule has 10 atom stereocenters. The Kier molecular flexibility index (Phi) is 8.69. The van der Waals surface area contributed by atoms with E-state index in [0.717, 1.165) is 19.8 Å². The molecule has 42 heavy (non-hydrogen) atoms. The highest BCUT2D eigenvalue weighted by atomic mass is 16.7. The van der Waals surface area contributed by atoms with Crippen molar-refractivity contribution in [3.8, 4) is 0 Å². The van der Waals surface area contributed by atoms with Gasteiger partial charge in [-0.1, -0.05) is 38.8 Å². The molecule has 2 aliphatic heterocycles. The van der Waals surface area contributed by atoms with E-state index < -0.39 is 89.1 Å². The molecule has 1 spiro atoms. The Morgan fingerprint density at radius 3 is 2.31 bits per heavy atom. The molecule has 3 N–H and O–H groups in total. The van der Waals surface area contributed by atoms with E-state index in [9.17, 15) is 34.5 Å². The number of epoxide rings is 1. The zero-order valence-electron chi connectivity index (χ0n) is 25.0. The minimum atomic E-state index is -2.01. The van der Waals surface area contributed by atoms with Crippen molar-refractivity contribution >= 4 is 23.9 Å². The fraction of sp³-hybridized carbons (Fsp3) is 0.733. The van der Waals surface area contributed by atoms with Gasteiger partial charge in [-0.15, -0.1) is 0 Å². The predicted octanol–water partition coefficient (Wildman–Crippen LogP) is 1.42. The Labute approximate surface area is 245 Å². The van der Waals surface area contributed by atoms with E-state index in [1.54, 1.807) is 13.0 Å². The first-order valence-corrected chi connectivity index (χ1v) is 14.4. The number of aliphatic hydroxyl groups is 3. The maximum Gasteiger partial charge on any atom is 0.342 e. The van der Waals surface area contributed by atoms with Crippen molar-refractivity contribution in [2.75, 3.05) is 6.61 Å². The Bertz CT molecular complexity index is 1170. The molecule has 0 aromatic heterocycles. The van der Waals surface area contributed by atoms with E-state index in [4.69, 9.17) is 23.7 Å². The lowest BCUT2D eigenvalue weighted by atomic mass is 9.55. The molecule has 0 aromatic rings. The zero-order valence-corrected chi connectivity index (χ0v) is 25.0. The van der Waals surface area contributed by atoms with Crippen molar-refractivity contribution in [2.45, 2.75) is 121 Å². The van der Waals surface area contributed by atoms with Crippen molar-refractivity contribution in [1.82, 2.24) is 0 Å². The number of rotatable bonds is 8. The van der Waals surface area contributed by atoms with E-state index >= 15 is 0 Å². The number of unbranched alkanes of at least 4 members (excludes halogenated alkanes) is 2. The van der Waals surface area contributed by atoms with Crippen LogP contribution in [0.5, 0.6) is 0 Å². The number of carbonyl (C=O) groups excluding carboxylic acids is 4. The Hall–Kier alpha value is -2.80. The molecule has 2 saturated heterocycles. The highest BCUT2D eigenvalue weighted by Crippen LogP contribution is 2.65. The summed E-state index contributed by atoms with van der Waals surface area (Å²) in [6.07, 6.45) is 0.274. The van der Waals surface area contributed by atoms with Gasteiger partial charge in [0.15, 0.2) is 17.3 Å². The van der Waals surface area contributed by atoms with E-state index in [-0.39, 0.29) is 18.4 Å². The summed E-state index contributed by atoms with van der Waals surface area (Å²) in [6.45, 7) is 8.25. The average Bonchev–Trinajstić information content (AvgIpc) is 3.48. The Balaban J connectivity index is 1.96. The molecule has 0 saturated carbocycles. The second-order valence-electron chi connectivity index (χ2n) is 12.3. The monoisotopic (exact) mass is 594 g/mol. The van der Waals surface area contributed by atoms with Gasteiger partial charge in [0.25, 0.3) is 0 Å². The standard InChI is InChI=1S/C30H42O12/c1-7-8-9-10-23(35)40-19-14-21(38-16(2)32)27(4)12-11-20(34)28(5,37)24(27)25(39-17(3)33)30-22(13-18(19)15-31)41-26(36)29(30,6)42-30/h11-13,19-22,24-25,31,34,37H,7-10,14-15H2,1-6H3. The van der Waals surface area contributed by atoms with Crippen LogP contribution in [0.4, 0.5) is 0 Å². The van der Waals surface area contributed by atoms with E-state index in [1.807, 2.05) is 6.92 Å². The molecular formula is C30H42O12. The first kappa shape index (κ1) is 32.1. The van der Waals surface area contributed by atoms with E-state index in [0.29, 0.717) is 6.42 Å². The van der Waals surface area contributed by atoms with Crippen molar-refractivity contribution in [3.63, 3.8) is 0 Å². The van der Waals surface area contributed by atoms with Crippen LogP contribution in [0, 0.1) is 11.3 Å². The van der Waals surface area contributed by atoms with Crippen LogP contribution in [-0.4, -0.2) is 93.1 Å². The number of fused-ring (bicyclic) bond motifs is 1. The minimum absolute atomic E-state index is 0.125. The van der Waals surface area contributed by atoms with E-state index in [1.165, 1.54) is 32.9 Å². The van der Waals surface area contributed by atoms with Crippen LogP contribution >= 0.6 is 0 Å². The van der Waals surface area contributed by atoms with Crippen LogP contribution in [0.25, 0.3) is 0 Å². The number of carbonyl (C=O) groups is 4. The third-order valence-electron chi connectivity index (χ3n) is 9.33. The summed E-state index contributed by atoms with van der Waals surface area (Å²) in [5.41, 5.74) is -6.53. The number of esters is 4. The second-order valence-corrected chi connectivity index (χ2v) is 12.3. The summed E-state index contributed by atoms with van der Waals surface area (Å²) in [7, 11) is 0. The summed E-state index contributed by atoms with van der Waals surface area (Å²) in [5, 5.41) is 33.4. The number of hydrogen-bond acceptors (Lipinski definition) is 12. The average molecular weight is 595 g/mol. The van der Waals surface area contributed by atoms with Crippen molar-refractivity contribution < 1.29 is 58.2 Å².